The summed E-state index contributed by atoms with van der Waals surface area (Å²) in [5.41, 5.74) is 1.78. The van der Waals surface area contributed by atoms with Gasteiger partial charge in [0.2, 0.25) is 0 Å². The maximum Gasteiger partial charge on any atom is 0.255 e. The summed E-state index contributed by atoms with van der Waals surface area (Å²) >= 11 is 6.00. The van der Waals surface area contributed by atoms with Crippen LogP contribution in [0.5, 0.6) is 0 Å². The highest BCUT2D eigenvalue weighted by atomic mass is 35.5. The summed E-state index contributed by atoms with van der Waals surface area (Å²) in [6.07, 6.45) is 1.35. The topological polar surface area (TPSA) is 52.7 Å². The molecule has 0 unspecified atom stereocenters. The highest BCUT2D eigenvalue weighted by Gasteiger charge is 2.44. The third kappa shape index (κ3) is 2.72. The second kappa shape index (κ2) is 6.32. The van der Waals surface area contributed by atoms with E-state index in [9.17, 15) is 9.59 Å². The Labute approximate surface area is 157 Å². The zero-order valence-electron chi connectivity index (χ0n) is 14.5. The van der Waals surface area contributed by atoms with Crippen LogP contribution >= 0.6 is 11.6 Å². The van der Waals surface area contributed by atoms with Crippen molar-refractivity contribution in [1.82, 2.24) is 10.2 Å². The first-order chi connectivity index (χ1) is 12.5. The van der Waals surface area contributed by atoms with Gasteiger partial charge in [-0.05, 0) is 30.3 Å². The fourth-order valence-corrected chi connectivity index (χ4v) is 4.09. The van der Waals surface area contributed by atoms with Crippen molar-refractivity contribution in [2.75, 3.05) is 25.0 Å². The third-order valence-electron chi connectivity index (χ3n) is 5.45. The number of hydrogen-bond donors (Lipinski definition) is 1. The third-order valence-corrected chi connectivity index (χ3v) is 5.68. The second-order valence-corrected chi connectivity index (χ2v) is 7.30. The molecule has 2 aromatic rings. The standard InChI is InChI=1S/C20H20ClN3O2/c1-23-17-8-3-2-7-16(17)18(25)22-20(23)9-11-24(12-10-20)19(26)14-5-4-6-15(21)13-14/h2-8,13H,9-12H2,1H3,(H,22,25). The van der Waals surface area contributed by atoms with Crippen molar-refractivity contribution >= 4 is 29.1 Å². The number of likely N-dealkylation sites (tertiary alicyclic amines) is 1. The number of fused-ring (bicyclic) bond motifs is 1. The Bertz CT molecular complexity index is 875. The van der Waals surface area contributed by atoms with Gasteiger partial charge in [-0.25, -0.2) is 0 Å². The molecule has 2 aliphatic rings. The van der Waals surface area contributed by atoms with E-state index in [1.807, 2.05) is 36.2 Å². The van der Waals surface area contributed by atoms with Gasteiger partial charge in [-0.3, -0.25) is 9.59 Å². The smallest absolute Gasteiger partial charge is 0.255 e. The highest BCUT2D eigenvalue weighted by molar-refractivity contribution is 6.30. The summed E-state index contributed by atoms with van der Waals surface area (Å²) in [5, 5.41) is 3.73. The van der Waals surface area contributed by atoms with E-state index in [1.165, 1.54) is 0 Å². The van der Waals surface area contributed by atoms with Gasteiger partial charge < -0.3 is 15.1 Å². The van der Waals surface area contributed by atoms with Gasteiger partial charge in [0.1, 0.15) is 5.66 Å². The van der Waals surface area contributed by atoms with Crippen molar-refractivity contribution in [3.05, 3.63) is 64.7 Å². The Morgan fingerprint density at radius 1 is 1.12 bits per heavy atom. The predicted octanol–water partition coefficient (Wildman–Crippen LogP) is 3.15. The van der Waals surface area contributed by atoms with E-state index in [2.05, 4.69) is 10.2 Å². The Balaban J connectivity index is 1.53. The molecule has 26 heavy (non-hydrogen) atoms. The van der Waals surface area contributed by atoms with Crippen LogP contribution in [0.3, 0.4) is 0 Å². The number of rotatable bonds is 1. The average molecular weight is 370 g/mol. The van der Waals surface area contributed by atoms with E-state index in [0.717, 1.165) is 5.69 Å². The van der Waals surface area contributed by atoms with E-state index in [0.29, 0.717) is 42.1 Å². The molecule has 6 heteroatoms. The lowest BCUT2D eigenvalue weighted by Crippen LogP contribution is -2.67. The number of halogens is 1. The molecule has 2 amide bonds. The largest absolute Gasteiger partial charge is 0.351 e. The fourth-order valence-electron chi connectivity index (χ4n) is 3.90. The van der Waals surface area contributed by atoms with Gasteiger partial charge in [-0.15, -0.1) is 0 Å². The maximum absolute atomic E-state index is 12.7. The Hall–Kier alpha value is -2.53. The summed E-state index contributed by atoms with van der Waals surface area (Å²) in [4.78, 5) is 29.3. The summed E-state index contributed by atoms with van der Waals surface area (Å²) in [7, 11) is 2.01. The molecule has 4 rings (SSSR count). The van der Waals surface area contributed by atoms with Crippen LogP contribution in [0.1, 0.15) is 33.6 Å². The van der Waals surface area contributed by atoms with Crippen LogP contribution < -0.4 is 10.2 Å². The number of piperidine rings is 1. The van der Waals surface area contributed by atoms with Crippen LogP contribution in [-0.4, -0.2) is 42.5 Å². The lowest BCUT2D eigenvalue weighted by molar-refractivity contribution is 0.0609. The van der Waals surface area contributed by atoms with Crippen molar-refractivity contribution in [1.29, 1.82) is 0 Å². The molecule has 5 nitrogen and oxygen atoms in total. The normalized spacial score (nSPS) is 18.5. The van der Waals surface area contributed by atoms with E-state index in [4.69, 9.17) is 11.6 Å². The molecular weight excluding hydrogens is 350 g/mol. The quantitative estimate of drug-likeness (QED) is 0.840. The summed E-state index contributed by atoms with van der Waals surface area (Å²) in [6.45, 7) is 1.16. The Kier molecular flexibility index (Phi) is 4.11. The van der Waals surface area contributed by atoms with Gasteiger partial charge in [0.25, 0.3) is 11.8 Å². The number of carbonyl (C=O) groups is 2. The number of benzene rings is 2. The van der Waals surface area contributed by atoms with E-state index >= 15 is 0 Å². The molecule has 1 N–H and O–H groups in total. The minimum absolute atomic E-state index is 0.0208. The Morgan fingerprint density at radius 3 is 2.58 bits per heavy atom. The number of carbonyl (C=O) groups excluding carboxylic acids is 2. The molecule has 2 aliphatic heterocycles. The summed E-state index contributed by atoms with van der Waals surface area (Å²) in [6, 6.07) is 14.6. The minimum atomic E-state index is -0.448. The molecule has 134 valence electrons. The molecule has 0 radical (unpaired) electrons. The first-order valence-electron chi connectivity index (χ1n) is 8.70. The Morgan fingerprint density at radius 2 is 1.85 bits per heavy atom. The summed E-state index contributed by atoms with van der Waals surface area (Å²) in [5.74, 6) is -0.0687. The molecule has 0 aliphatic carbocycles. The van der Waals surface area contributed by atoms with Crippen LogP contribution in [0.25, 0.3) is 0 Å². The van der Waals surface area contributed by atoms with Crippen LogP contribution in [-0.2, 0) is 0 Å². The zero-order chi connectivity index (χ0) is 18.3. The number of para-hydroxylation sites is 1. The number of hydrogen-bond acceptors (Lipinski definition) is 3. The van der Waals surface area contributed by atoms with E-state index in [1.54, 1.807) is 24.3 Å². The number of nitrogens with one attached hydrogen (secondary N) is 1. The monoisotopic (exact) mass is 369 g/mol. The van der Waals surface area contributed by atoms with Crippen LogP contribution in [0.2, 0.25) is 5.02 Å². The van der Waals surface area contributed by atoms with Crippen molar-refractivity contribution in [2.45, 2.75) is 18.5 Å². The first-order valence-corrected chi connectivity index (χ1v) is 9.08. The highest BCUT2D eigenvalue weighted by Crippen LogP contribution is 2.36. The molecule has 2 aromatic carbocycles. The average Bonchev–Trinajstić information content (AvgIpc) is 2.66. The SMILES string of the molecule is CN1c2ccccc2C(=O)NC12CCN(C(=O)c1cccc(Cl)c1)CC2. The second-order valence-electron chi connectivity index (χ2n) is 6.86. The molecular formula is C20H20ClN3O2. The van der Waals surface area contributed by atoms with E-state index < -0.39 is 5.66 Å². The van der Waals surface area contributed by atoms with Gasteiger partial charge in [0.15, 0.2) is 0 Å². The predicted molar refractivity (Wildman–Crippen MR) is 102 cm³/mol. The van der Waals surface area contributed by atoms with Gasteiger partial charge in [0, 0.05) is 43.6 Å². The van der Waals surface area contributed by atoms with Gasteiger partial charge >= 0.3 is 0 Å². The van der Waals surface area contributed by atoms with Crippen molar-refractivity contribution in [3.8, 4) is 0 Å². The van der Waals surface area contributed by atoms with E-state index in [-0.39, 0.29) is 11.8 Å². The van der Waals surface area contributed by atoms with Crippen LogP contribution in [0, 0.1) is 0 Å². The first kappa shape index (κ1) is 16.9. The van der Waals surface area contributed by atoms with Gasteiger partial charge in [-0.1, -0.05) is 29.8 Å². The fraction of sp³-hybridized carbons (Fsp3) is 0.300. The van der Waals surface area contributed by atoms with Gasteiger partial charge in [0.05, 0.1) is 11.3 Å². The molecule has 1 saturated heterocycles. The van der Waals surface area contributed by atoms with Crippen LogP contribution in [0.15, 0.2) is 48.5 Å². The molecule has 1 fully saturated rings. The number of amides is 2. The molecule has 0 atom stereocenters. The lowest BCUT2D eigenvalue weighted by Gasteiger charge is -2.51. The molecule has 0 aromatic heterocycles. The minimum Gasteiger partial charge on any atom is -0.351 e. The maximum atomic E-state index is 12.7. The lowest BCUT2D eigenvalue weighted by atomic mass is 9.90. The zero-order valence-corrected chi connectivity index (χ0v) is 15.3. The summed E-state index contributed by atoms with van der Waals surface area (Å²) < 4.78 is 0. The van der Waals surface area contributed by atoms with Crippen molar-refractivity contribution < 1.29 is 9.59 Å². The number of nitrogens with zero attached hydrogens (tertiary/aromatic N) is 2. The van der Waals surface area contributed by atoms with Crippen molar-refractivity contribution in [3.63, 3.8) is 0 Å². The van der Waals surface area contributed by atoms with Crippen LogP contribution in [0.4, 0.5) is 5.69 Å². The molecule has 1 spiro atoms. The van der Waals surface area contributed by atoms with Gasteiger partial charge in [-0.2, -0.15) is 0 Å². The number of anilines is 1. The van der Waals surface area contributed by atoms with Crippen molar-refractivity contribution in [2.24, 2.45) is 0 Å². The molecule has 2 heterocycles. The molecule has 0 saturated carbocycles. The molecule has 0 bridgehead atoms.